The molecule has 7 heteroatoms. The van der Waals surface area contributed by atoms with Crippen LogP contribution < -0.4 is 5.32 Å². The molecule has 6 nitrogen and oxygen atoms in total. The molecule has 0 saturated carbocycles. The molecule has 1 unspecified atom stereocenters. The molecular weight excluding hydrogens is 344 g/mol. The number of nitrogens with zero attached hydrogens (tertiary/aromatic N) is 1. The first-order valence-corrected chi connectivity index (χ1v) is 8.05. The van der Waals surface area contributed by atoms with E-state index >= 15 is 0 Å². The van der Waals surface area contributed by atoms with Crippen molar-refractivity contribution in [3.8, 4) is 0 Å². The minimum Gasteiger partial charge on any atom is -0.449 e. The molecule has 1 amide bonds. The van der Waals surface area contributed by atoms with E-state index in [1.165, 1.54) is 6.39 Å². The molecule has 0 radical (unpaired) electrons. The quantitative estimate of drug-likeness (QED) is 0.696. The second-order valence-electron chi connectivity index (χ2n) is 5.33. The third-order valence-corrected chi connectivity index (χ3v) is 3.84. The van der Waals surface area contributed by atoms with Gasteiger partial charge in [-0.3, -0.25) is 4.79 Å². The lowest BCUT2D eigenvalue weighted by atomic mass is 10.2. The maximum Gasteiger partial charge on any atom is 0.338 e. The van der Waals surface area contributed by atoms with Crippen molar-refractivity contribution in [2.24, 2.45) is 0 Å². The fourth-order valence-corrected chi connectivity index (χ4v) is 2.39. The third kappa shape index (κ3) is 3.97. The summed E-state index contributed by atoms with van der Waals surface area (Å²) in [5.74, 6) is -0.997. The first kappa shape index (κ1) is 17.0. The number of ether oxygens (including phenoxy) is 1. The van der Waals surface area contributed by atoms with E-state index < -0.39 is 18.0 Å². The number of anilines is 1. The van der Waals surface area contributed by atoms with Crippen molar-refractivity contribution < 1.29 is 18.7 Å². The van der Waals surface area contributed by atoms with Crippen molar-refractivity contribution in [3.63, 3.8) is 0 Å². The molecule has 2 aromatic carbocycles. The van der Waals surface area contributed by atoms with Gasteiger partial charge in [0.05, 0.1) is 5.56 Å². The second-order valence-corrected chi connectivity index (χ2v) is 5.77. The van der Waals surface area contributed by atoms with E-state index in [1.807, 2.05) is 0 Å². The summed E-state index contributed by atoms with van der Waals surface area (Å²) < 4.78 is 10.5. The number of oxazole rings is 1. The van der Waals surface area contributed by atoms with Gasteiger partial charge in [0.15, 0.2) is 18.1 Å². The van der Waals surface area contributed by atoms with Crippen LogP contribution in [-0.4, -0.2) is 23.0 Å². The van der Waals surface area contributed by atoms with Gasteiger partial charge < -0.3 is 14.5 Å². The number of carbonyl (C=O) groups is 2. The predicted molar refractivity (Wildman–Crippen MR) is 93.6 cm³/mol. The van der Waals surface area contributed by atoms with Gasteiger partial charge in [-0.25, -0.2) is 9.78 Å². The van der Waals surface area contributed by atoms with E-state index in [0.29, 0.717) is 33.8 Å². The van der Waals surface area contributed by atoms with E-state index in [0.717, 1.165) is 0 Å². The molecule has 3 rings (SSSR count). The number of hydrogen-bond acceptors (Lipinski definition) is 5. The molecular formula is C18H15ClN2O4. The zero-order chi connectivity index (χ0) is 17.8. The predicted octanol–water partition coefficient (Wildman–Crippen LogP) is 4.06. The Kier molecular flexibility index (Phi) is 5.00. The van der Waals surface area contributed by atoms with Crippen molar-refractivity contribution in [1.82, 2.24) is 4.98 Å². The lowest BCUT2D eigenvalue weighted by Gasteiger charge is -2.16. The second kappa shape index (κ2) is 7.36. The highest BCUT2D eigenvalue weighted by Gasteiger charge is 2.22. The normalized spacial score (nSPS) is 11.9. The van der Waals surface area contributed by atoms with E-state index in [9.17, 15) is 9.59 Å². The number of hydrogen-bond donors (Lipinski definition) is 1. The standard InChI is InChI=1S/C18H15ClN2O4/c1-2-15(17(22)21-13-6-4-12(19)5-7-13)25-18(23)11-3-8-16-14(9-11)20-10-24-16/h3-10,15H,2H2,1H3,(H,21,22). The van der Waals surface area contributed by atoms with E-state index in [4.69, 9.17) is 20.8 Å². The molecule has 0 aliphatic carbocycles. The highest BCUT2D eigenvalue weighted by atomic mass is 35.5. The Hall–Kier alpha value is -2.86. The number of amides is 1. The summed E-state index contributed by atoms with van der Waals surface area (Å²) in [5, 5.41) is 3.27. The van der Waals surface area contributed by atoms with Gasteiger partial charge in [0, 0.05) is 10.7 Å². The summed E-state index contributed by atoms with van der Waals surface area (Å²) in [4.78, 5) is 28.6. The van der Waals surface area contributed by atoms with Crippen LogP contribution in [0.15, 0.2) is 53.3 Å². The number of fused-ring (bicyclic) bond motifs is 1. The van der Waals surface area contributed by atoms with Crippen LogP contribution in [0.25, 0.3) is 11.1 Å². The zero-order valence-electron chi connectivity index (χ0n) is 13.4. The van der Waals surface area contributed by atoms with Crippen LogP contribution in [-0.2, 0) is 9.53 Å². The van der Waals surface area contributed by atoms with Crippen molar-refractivity contribution in [3.05, 3.63) is 59.4 Å². The Bertz CT molecular complexity index is 905. The fourth-order valence-electron chi connectivity index (χ4n) is 2.26. The Morgan fingerprint density at radius 3 is 2.72 bits per heavy atom. The SMILES string of the molecule is CCC(OC(=O)c1ccc2ocnc2c1)C(=O)Nc1ccc(Cl)cc1. The van der Waals surface area contributed by atoms with Gasteiger partial charge in [0.25, 0.3) is 5.91 Å². The van der Waals surface area contributed by atoms with Crippen molar-refractivity contribution in [2.45, 2.75) is 19.4 Å². The molecule has 0 aliphatic rings. The van der Waals surface area contributed by atoms with Crippen molar-refractivity contribution in [1.29, 1.82) is 0 Å². The lowest BCUT2D eigenvalue weighted by Crippen LogP contribution is -2.32. The summed E-state index contributed by atoms with van der Waals surface area (Å²) in [6.45, 7) is 1.76. The molecule has 0 bridgehead atoms. The summed E-state index contributed by atoms with van der Waals surface area (Å²) in [7, 11) is 0. The van der Waals surface area contributed by atoms with Crippen LogP contribution in [0.2, 0.25) is 5.02 Å². The summed E-state index contributed by atoms with van der Waals surface area (Å²) in [5.41, 5.74) is 2.00. The van der Waals surface area contributed by atoms with Crippen LogP contribution in [0.3, 0.4) is 0 Å². The maximum atomic E-state index is 12.3. The number of esters is 1. The van der Waals surface area contributed by atoms with Gasteiger partial charge in [-0.2, -0.15) is 0 Å². The Labute approximate surface area is 148 Å². The minimum absolute atomic E-state index is 0.305. The van der Waals surface area contributed by atoms with Crippen LogP contribution in [0.5, 0.6) is 0 Å². The molecule has 25 heavy (non-hydrogen) atoms. The topological polar surface area (TPSA) is 81.4 Å². The first-order valence-electron chi connectivity index (χ1n) is 7.67. The van der Waals surface area contributed by atoms with Gasteiger partial charge in [0.2, 0.25) is 0 Å². The third-order valence-electron chi connectivity index (χ3n) is 3.59. The van der Waals surface area contributed by atoms with Gasteiger partial charge in [-0.15, -0.1) is 0 Å². The van der Waals surface area contributed by atoms with Crippen LogP contribution in [0.1, 0.15) is 23.7 Å². The first-order chi connectivity index (χ1) is 12.1. The molecule has 0 spiro atoms. The Morgan fingerprint density at radius 1 is 1.24 bits per heavy atom. The smallest absolute Gasteiger partial charge is 0.338 e. The van der Waals surface area contributed by atoms with Crippen molar-refractivity contribution >= 4 is 40.3 Å². The molecule has 1 heterocycles. The maximum absolute atomic E-state index is 12.3. The monoisotopic (exact) mass is 358 g/mol. The number of benzene rings is 2. The minimum atomic E-state index is -0.906. The summed E-state index contributed by atoms with van der Waals surface area (Å²) in [6, 6.07) is 11.4. The van der Waals surface area contributed by atoms with Crippen molar-refractivity contribution in [2.75, 3.05) is 5.32 Å². The number of rotatable bonds is 5. The molecule has 0 aliphatic heterocycles. The molecule has 0 fully saturated rings. The number of nitrogens with one attached hydrogen (secondary N) is 1. The average Bonchev–Trinajstić information content (AvgIpc) is 3.09. The largest absolute Gasteiger partial charge is 0.449 e. The average molecular weight is 359 g/mol. The lowest BCUT2D eigenvalue weighted by molar-refractivity contribution is -0.124. The zero-order valence-corrected chi connectivity index (χ0v) is 14.1. The Morgan fingerprint density at radius 2 is 2.00 bits per heavy atom. The highest BCUT2D eigenvalue weighted by Crippen LogP contribution is 2.17. The van der Waals surface area contributed by atoms with Crippen LogP contribution in [0, 0.1) is 0 Å². The van der Waals surface area contributed by atoms with E-state index in [1.54, 1.807) is 49.4 Å². The molecule has 3 aromatic rings. The molecule has 1 N–H and O–H groups in total. The summed E-state index contributed by atoms with van der Waals surface area (Å²) in [6.07, 6.45) is 0.738. The molecule has 128 valence electrons. The number of halogens is 1. The molecule has 1 atom stereocenters. The number of aromatic nitrogens is 1. The number of carbonyl (C=O) groups excluding carboxylic acids is 2. The highest BCUT2D eigenvalue weighted by molar-refractivity contribution is 6.30. The fraction of sp³-hybridized carbons (Fsp3) is 0.167. The molecule has 0 saturated heterocycles. The Balaban J connectivity index is 1.68. The van der Waals surface area contributed by atoms with Crippen LogP contribution >= 0.6 is 11.6 Å². The van der Waals surface area contributed by atoms with Crippen LogP contribution in [0.4, 0.5) is 5.69 Å². The van der Waals surface area contributed by atoms with Gasteiger partial charge in [-0.05, 0) is 48.9 Å². The van der Waals surface area contributed by atoms with E-state index in [-0.39, 0.29) is 0 Å². The van der Waals surface area contributed by atoms with Gasteiger partial charge >= 0.3 is 5.97 Å². The molecule has 1 aromatic heterocycles. The summed E-state index contributed by atoms with van der Waals surface area (Å²) >= 11 is 5.81. The van der Waals surface area contributed by atoms with Gasteiger partial charge in [-0.1, -0.05) is 18.5 Å². The van der Waals surface area contributed by atoms with E-state index in [2.05, 4.69) is 10.3 Å². The van der Waals surface area contributed by atoms with Gasteiger partial charge in [0.1, 0.15) is 5.52 Å².